The van der Waals surface area contributed by atoms with E-state index in [2.05, 4.69) is 178 Å². The Balaban J connectivity index is 0.000000420. The maximum absolute atomic E-state index is 3.38. The first kappa shape index (κ1) is 43.6. The summed E-state index contributed by atoms with van der Waals surface area (Å²) in [6.07, 6.45) is 2.93. The summed E-state index contributed by atoms with van der Waals surface area (Å²) in [6.45, 7) is 24.8. The molecular formula is C45H52Cl2Zr-4. The van der Waals surface area contributed by atoms with Gasteiger partial charge in [-0.1, -0.05) is 127 Å². The van der Waals surface area contributed by atoms with Crippen molar-refractivity contribution in [2.24, 2.45) is 0 Å². The largest absolute Gasteiger partial charge is 2.00 e. The Kier molecular flexibility index (Phi) is 17.3. The zero-order chi connectivity index (χ0) is 32.8. The molecule has 0 radical (unpaired) electrons. The van der Waals surface area contributed by atoms with Gasteiger partial charge in [0.25, 0.3) is 0 Å². The van der Waals surface area contributed by atoms with Gasteiger partial charge in [0.1, 0.15) is 0 Å². The minimum absolute atomic E-state index is 0. The van der Waals surface area contributed by atoms with Crippen LogP contribution in [0.5, 0.6) is 0 Å². The molecule has 0 heterocycles. The molecule has 0 aliphatic heterocycles. The van der Waals surface area contributed by atoms with Gasteiger partial charge in [0.05, 0.1) is 0 Å². The van der Waals surface area contributed by atoms with Crippen LogP contribution in [0.15, 0.2) is 109 Å². The van der Waals surface area contributed by atoms with Crippen molar-refractivity contribution >= 4 is 21.5 Å². The summed E-state index contributed by atoms with van der Waals surface area (Å²) in [5.74, 6) is 0. The number of halogens is 2. The predicted octanol–water partition coefficient (Wildman–Crippen LogP) is 7.22. The van der Waals surface area contributed by atoms with E-state index >= 15 is 0 Å². The van der Waals surface area contributed by atoms with Crippen LogP contribution in [-0.2, 0) is 49.9 Å². The van der Waals surface area contributed by atoms with E-state index < -0.39 is 0 Å². The summed E-state index contributed by atoms with van der Waals surface area (Å²) in [5, 5.41) is 5.42. The number of rotatable bonds is 4. The Hall–Kier alpha value is -2.44. The van der Waals surface area contributed by atoms with Crippen LogP contribution < -0.4 is 24.8 Å². The monoisotopic (exact) mass is 752 g/mol. The molecule has 0 aliphatic rings. The zero-order valence-electron chi connectivity index (χ0n) is 30.2. The molecule has 0 nitrogen and oxygen atoms in total. The standard InChI is InChI=1S/2C21H23.C3H6.2ClH.Zr/c2*1-5-15-9-11-16(12-10-15)19-8-6-7-17-13-18(14-20(17)19)21(2,3)4;1-3-2;;;/h2*6-14H,5H2,1-4H3;1-3H2;2*1H;/q2*-1;-2;;;+2/p-2. The molecule has 6 aromatic carbocycles. The third kappa shape index (κ3) is 10.8. The molecule has 0 spiro atoms. The Labute approximate surface area is 323 Å². The van der Waals surface area contributed by atoms with Gasteiger partial charge in [0, 0.05) is 0 Å². The molecule has 0 saturated heterocycles. The van der Waals surface area contributed by atoms with Crippen molar-refractivity contribution < 1.29 is 51.0 Å². The topological polar surface area (TPSA) is 0 Å². The van der Waals surface area contributed by atoms with Gasteiger partial charge < -0.3 is 45.1 Å². The molecular weight excluding hydrogens is 703 g/mol. The van der Waals surface area contributed by atoms with Crippen molar-refractivity contribution in [1.29, 1.82) is 0 Å². The van der Waals surface area contributed by atoms with E-state index in [4.69, 9.17) is 0 Å². The molecule has 0 N–H and O–H groups in total. The molecule has 0 aromatic heterocycles. The van der Waals surface area contributed by atoms with Gasteiger partial charge in [-0.25, -0.2) is 0 Å². The van der Waals surface area contributed by atoms with Crippen LogP contribution >= 0.6 is 0 Å². The first-order valence-corrected chi connectivity index (χ1v) is 16.6. The molecule has 0 unspecified atom stereocenters. The fraction of sp³-hybridized carbons (Fsp3) is 0.289. The molecule has 0 bridgehead atoms. The fourth-order valence-electron chi connectivity index (χ4n) is 5.68. The summed E-state index contributed by atoms with van der Waals surface area (Å²) < 4.78 is 0. The van der Waals surface area contributed by atoms with E-state index in [1.165, 1.54) is 66.1 Å². The van der Waals surface area contributed by atoms with E-state index in [0.29, 0.717) is 0 Å². The van der Waals surface area contributed by atoms with Crippen LogP contribution in [0.2, 0.25) is 0 Å². The summed E-state index contributed by atoms with van der Waals surface area (Å²) in [6, 6.07) is 40.6. The Bertz CT molecular complexity index is 1670. The first-order chi connectivity index (χ1) is 21.4. The van der Waals surface area contributed by atoms with Crippen LogP contribution in [0.25, 0.3) is 43.8 Å². The molecule has 3 heteroatoms. The van der Waals surface area contributed by atoms with Crippen LogP contribution in [0.1, 0.15) is 84.1 Å². The second-order valence-electron chi connectivity index (χ2n) is 14.1. The number of aryl methyl sites for hydroxylation is 2. The Morgan fingerprint density at radius 3 is 1.10 bits per heavy atom. The van der Waals surface area contributed by atoms with E-state index in [1.807, 2.05) is 0 Å². The summed E-state index contributed by atoms with van der Waals surface area (Å²) in [5.41, 5.74) is 11.3. The summed E-state index contributed by atoms with van der Waals surface area (Å²) >= 11 is 0. The summed E-state index contributed by atoms with van der Waals surface area (Å²) in [7, 11) is 0. The van der Waals surface area contributed by atoms with Crippen LogP contribution in [0.4, 0.5) is 0 Å². The van der Waals surface area contributed by atoms with Gasteiger partial charge in [-0.3, -0.25) is 0 Å². The molecule has 6 rings (SSSR count). The van der Waals surface area contributed by atoms with Crippen molar-refractivity contribution in [1.82, 2.24) is 0 Å². The van der Waals surface area contributed by atoms with Crippen molar-refractivity contribution in [3.8, 4) is 22.3 Å². The van der Waals surface area contributed by atoms with Gasteiger partial charge in [0.2, 0.25) is 0 Å². The van der Waals surface area contributed by atoms with Gasteiger partial charge in [0.15, 0.2) is 0 Å². The third-order valence-electron chi connectivity index (χ3n) is 8.58. The van der Waals surface area contributed by atoms with Gasteiger partial charge >= 0.3 is 26.2 Å². The predicted molar refractivity (Wildman–Crippen MR) is 201 cm³/mol. The second kappa shape index (κ2) is 19.1. The molecule has 0 aliphatic carbocycles. The quantitative estimate of drug-likeness (QED) is 0.167. The van der Waals surface area contributed by atoms with Crippen molar-refractivity contribution in [2.45, 2.75) is 85.5 Å². The SMILES string of the molecule is CCc1ccc(-c2cccc3[cH-]c(C(C)(C)C)cc23)cc1.CCc1ccc(-c2cccc3[cH-]c(C(C)(C)C)cc23)cc1.[CH2-]C[CH2-].[Cl-].[Cl-].[Zr+2]. The van der Waals surface area contributed by atoms with E-state index in [9.17, 15) is 0 Å². The maximum atomic E-state index is 3.38. The Morgan fingerprint density at radius 2 is 0.833 bits per heavy atom. The average molecular weight is 755 g/mol. The molecule has 0 fully saturated rings. The van der Waals surface area contributed by atoms with Crippen LogP contribution in [0.3, 0.4) is 0 Å². The number of hydrogen-bond acceptors (Lipinski definition) is 0. The molecule has 6 aromatic rings. The van der Waals surface area contributed by atoms with Gasteiger partial charge in [-0.2, -0.15) is 12.1 Å². The number of hydrogen-bond donors (Lipinski definition) is 0. The van der Waals surface area contributed by atoms with Crippen LogP contribution in [-0.4, -0.2) is 0 Å². The minimum Gasteiger partial charge on any atom is -1.00 e. The molecule has 0 amide bonds. The van der Waals surface area contributed by atoms with Crippen molar-refractivity contribution in [3.63, 3.8) is 0 Å². The summed E-state index contributed by atoms with van der Waals surface area (Å²) in [4.78, 5) is 0. The second-order valence-corrected chi connectivity index (χ2v) is 14.1. The molecule has 254 valence electrons. The van der Waals surface area contributed by atoms with E-state index in [-0.39, 0.29) is 61.8 Å². The van der Waals surface area contributed by atoms with Gasteiger partial charge in [-0.15, -0.1) is 69.1 Å². The zero-order valence-corrected chi connectivity index (χ0v) is 34.2. The average Bonchev–Trinajstić information content (AvgIpc) is 3.67. The normalized spacial score (nSPS) is 10.9. The minimum atomic E-state index is 0. The van der Waals surface area contributed by atoms with Crippen LogP contribution in [0, 0.1) is 13.8 Å². The fourth-order valence-corrected chi connectivity index (χ4v) is 5.68. The Morgan fingerprint density at radius 1 is 0.521 bits per heavy atom. The number of fused-ring (bicyclic) bond motifs is 2. The van der Waals surface area contributed by atoms with E-state index in [1.54, 1.807) is 0 Å². The van der Waals surface area contributed by atoms with Crippen molar-refractivity contribution in [2.75, 3.05) is 0 Å². The molecule has 0 saturated carbocycles. The van der Waals surface area contributed by atoms with Gasteiger partial charge in [-0.05, 0) is 45.9 Å². The molecule has 0 atom stereocenters. The maximum Gasteiger partial charge on any atom is 2.00 e. The first-order valence-electron chi connectivity index (χ1n) is 16.6. The third-order valence-corrected chi connectivity index (χ3v) is 8.58. The number of benzene rings is 4. The van der Waals surface area contributed by atoms with E-state index in [0.717, 1.165) is 19.3 Å². The van der Waals surface area contributed by atoms with Crippen molar-refractivity contribution in [3.05, 3.63) is 145 Å². The molecule has 48 heavy (non-hydrogen) atoms. The smallest absolute Gasteiger partial charge is 1.00 e.